The van der Waals surface area contributed by atoms with E-state index in [9.17, 15) is 5.26 Å². The van der Waals surface area contributed by atoms with E-state index in [2.05, 4.69) is 49.3 Å². The van der Waals surface area contributed by atoms with E-state index in [0.29, 0.717) is 11.6 Å². The standard InChI is InChI=1S/C21H19N5S/c1-14(2)25-13-18(11-24-25)17-8-20(21-15(3)10-23-26(21)12-17)27-19-7-5-4-6-16(19)9-22/h4-8,10-14H,1-3H3. The van der Waals surface area contributed by atoms with Crippen LogP contribution in [0.4, 0.5) is 0 Å². The van der Waals surface area contributed by atoms with E-state index in [-0.39, 0.29) is 0 Å². The van der Waals surface area contributed by atoms with Gasteiger partial charge in [-0.2, -0.15) is 15.5 Å². The van der Waals surface area contributed by atoms with E-state index < -0.39 is 0 Å². The van der Waals surface area contributed by atoms with Crippen LogP contribution in [0.2, 0.25) is 0 Å². The first-order valence-corrected chi connectivity index (χ1v) is 9.58. The van der Waals surface area contributed by atoms with Crippen molar-refractivity contribution in [1.82, 2.24) is 19.4 Å². The van der Waals surface area contributed by atoms with Gasteiger partial charge in [-0.25, -0.2) is 4.52 Å². The summed E-state index contributed by atoms with van der Waals surface area (Å²) in [6.07, 6.45) is 7.84. The summed E-state index contributed by atoms with van der Waals surface area (Å²) in [5.41, 5.74) is 4.95. The van der Waals surface area contributed by atoms with Gasteiger partial charge in [0.15, 0.2) is 0 Å². The molecule has 0 atom stereocenters. The maximum atomic E-state index is 9.42. The molecule has 0 saturated heterocycles. The van der Waals surface area contributed by atoms with Gasteiger partial charge >= 0.3 is 0 Å². The van der Waals surface area contributed by atoms with Crippen molar-refractivity contribution in [2.45, 2.75) is 36.6 Å². The Morgan fingerprint density at radius 1 is 1.04 bits per heavy atom. The van der Waals surface area contributed by atoms with Crippen LogP contribution in [0.1, 0.15) is 31.0 Å². The van der Waals surface area contributed by atoms with Gasteiger partial charge < -0.3 is 0 Å². The molecule has 0 bridgehead atoms. The van der Waals surface area contributed by atoms with Gasteiger partial charge in [-0.3, -0.25) is 4.68 Å². The van der Waals surface area contributed by atoms with Crippen LogP contribution in [-0.2, 0) is 0 Å². The summed E-state index contributed by atoms with van der Waals surface area (Å²) in [5, 5.41) is 18.4. The fourth-order valence-electron chi connectivity index (χ4n) is 3.00. The molecule has 0 aliphatic rings. The highest BCUT2D eigenvalue weighted by Gasteiger charge is 2.14. The lowest BCUT2D eigenvalue weighted by molar-refractivity contribution is 0.532. The summed E-state index contributed by atoms with van der Waals surface area (Å²) < 4.78 is 3.86. The maximum Gasteiger partial charge on any atom is 0.100 e. The fraction of sp³-hybridized carbons (Fsp3) is 0.190. The van der Waals surface area contributed by atoms with Gasteiger partial charge in [-0.1, -0.05) is 23.9 Å². The van der Waals surface area contributed by atoms with Gasteiger partial charge in [0.1, 0.15) is 6.07 Å². The number of hydrogen-bond donors (Lipinski definition) is 0. The van der Waals surface area contributed by atoms with Crippen LogP contribution in [0.25, 0.3) is 16.6 Å². The van der Waals surface area contributed by atoms with E-state index in [1.165, 1.54) is 0 Å². The average Bonchev–Trinajstić information content (AvgIpc) is 3.30. The quantitative estimate of drug-likeness (QED) is 0.499. The number of nitrogens with zero attached hydrogens (tertiary/aromatic N) is 5. The SMILES string of the molecule is Cc1cnn2cc(-c3cnn(C(C)C)c3)cc(Sc3ccccc3C#N)c12. The maximum absolute atomic E-state index is 9.42. The summed E-state index contributed by atoms with van der Waals surface area (Å²) in [6.45, 7) is 6.27. The molecular formula is C21H19N5S. The minimum atomic E-state index is 0.311. The predicted molar refractivity (Wildman–Crippen MR) is 107 cm³/mol. The van der Waals surface area contributed by atoms with Crippen LogP contribution in [0.3, 0.4) is 0 Å². The van der Waals surface area contributed by atoms with Gasteiger partial charge in [0.2, 0.25) is 0 Å². The molecule has 0 unspecified atom stereocenters. The second-order valence-corrected chi connectivity index (χ2v) is 7.81. The number of pyridine rings is 1. The van der Waals surface area contributed by atoms with Crippen LogP contribution < -0.4 is 0 Å². The van der Waals surface area contributed by atoms with Crippen molar-refractivity contribution in [3.8, 4) is 17.2 Å². The van der Waals surface area contributed by atoms with Crippen molar-refractivity contribution in [2.75, 3.05) is 0 Å². The Bertz CT molecular complexity index is 1160. The van der Waals surface area contributed by atoms with E-state index >= 15 is 0 Å². The molecular weight excluding hydrogens is 354 g/mol. The molecule has 3 heterocycles. The van der Waals surface area contributed by atoms with Gasteiger partial charge in [0, 0.05) is 39.4 Å². The predicted octanol–water partition coefficient (Wildman–Crippen LogP) is 5.11. The average molecular weight is 373 g/mol. The van der Waals surface area contributed by atoms with Crippen LogP contribution in [-0.4, -0.2) is 19.4 Å². The molecule has 3 aromatic heterocycles. The van der Waals surface area contributed by atoms with Crippen molar-refractivity contribution >= 4 is 17.3 Å². The third-order valence-electron chi connectivity index (χ3n) is 4.45. The second kappa shape index (κ2) is 6.93. The largest absolute Gasteiger partial charge is 0.270 e. The van der Waals surface area contributed by atoms with Crippen molar-refractivity contribution < 1.29 is 0 Å². The molecule has 27 heavy (non-hydrogen) atoms. The zero-order chi connectivity index (χ0) is 19.0. The normalized spacial score (nSPS) is 11.2. The summed E-state index contributed by atoms with van der Waals surface area (Å²) in [7, 11) is 0. The third-order valence-corrected chi connectivity index (χ3v) is 5.56. The lowest BCUT2D eigenvalue weighted by atomic mass is 10.1. The highest BCUT2D eigenvalue weighted by molar-refractivity contribution is 7.99. The molecule has 134 valence electrons. The Balaban J connectivity index is 1.85. The molecule has 0 radical (unpaired) electrons. The Kier molecular flexibility index (Phi) is 4.46. The zero-order valence-electron chi connectivity index (χ0n) is 15.4. The molecule has 4 aromatic rings. The number of nitriles is 1. The summed E-state index contributed by atoms with van der Waals surface area (Å²) >= 11 is 1.60. The zero-order valence-corrected chi connectivity index (χ0v) is 16.2. The van der Waals surface area contributed by atoms with Crippen LogP contribution >= 0.6 is 11.8 Å². The summed E-state index contributed by atoms with van der Waals surface area (Å²) in [6, 6.07) is 12.4. The Morgan fingerprint density at radius 3 is 2.59 bits per heavy atom. The van der Waals surface area contributed by atoms with Crippen LogP contribution in [0, 0.1) is 18.3 Å². The van der Waals surface area contributed by atoms with Crippen LogP contribution in [0.5, 0.6) is 0 Å². The Hall–Kier alpha value is -3.04. The molecule has 5 nitrogen and oxygen atoms in total. The fourth-order valence-corrected chi connectivity index (χ4v) is 4.15. The Morgan fingerprint density at radius 2 is 1.85 bits per heavy atom. The molecule has 4 rings (SSSR count). The first-order chi connectivity index (χ1) is 13.1. The summed E-state index contributed by atoms with van der Waals surface area (Å²) in [4.78, 5) is 2.01. The molecule has 6 heteroatoms. The molecule has 0 fully saturated rings. The molecule has 0 aliphatic heterocycles. The van der Waals surface area contributed by atoms with Crippen molar-refractivity contribution in [2.24, 2.45) is 0 Å². The molecule has 0 saturated carbocycles. The molecule has 1 aromatic carbocycles. The number of aromatic nitrogens is 4. The van der Waals surface area contributed by atoms with E-state index in [0.717, 1.165) is 32.0 Å². The van der Waals surface area contributed by atoms with E-state index in [4.69, 9.17) is 0 Å². The number of hydrogen-bond acceptors (Lipinski definition) is 4. The van der Waals surface area contributed by atoms with Crippen molar-refractivity contribution in [3.63, 3.8) is 0 Å². The lowest BCUT2D eigenvalue weighted by Gasteiger charge is -2.09. The van der Waals surface area contributed by atoms with Gasteiger partial charge in [0.05, 0.1) is 23.5 Å². The number of aryl methyl sites for hydroxylation is 1. The minimum Gasteiger partial charge on any atom is -0.270 e. The highest BCUT2D eigenvalue weighted by Crippen LogP contribution is 2.37. The molecule has 0 aliphatic carbocycles. The van der Waals surface area contributed by atoms with E-state index in [1.54, 1.807) is 11.8 Å². The number of benzene rings is 1. The first-order valence-electron chi connectivity index (χ1n) is 8.76. The molecule has 0 N–H and O–H groups in total. The van der Waals surface area contributed by atoms with Crippen molar-refractivity contribution in [1.29, 1.82) is 5.26 Å². The third kappa shape index (κ3) is 3.22. The number of rotatable bonds is 4. The van der Waals surface area contributed by atoms with Gasteiger partial charge in [-0.15, -0.1) is 0 Å². The molecule has 0 spiro atoms. The smallest absolute Gasteiger partial charge is 0.100 e. The second-order valence-electron chi connectivity index (χ2n) is 6.73. The highest BCUT2D eigenvalue weighted by atomic mass is 32.2. The van der Waals surface area contributed by atoms with Gasteiger partial charge in [0.25, 0.3) is 0 Å². The first kappa shape index (κ1) is 17.4. The van der Waals surface area contributed by atoms with E-state index in [1.807, 2.05) is 52.1 Å². The monoisotopic (exact) mass is 373 g/mol. The summed E-state index contributed by atoms with van der Waals surface area (Å²) in [5.74, 6) is 0. The van der Waals surface area contributed by atoms with Crippen LogP contribution in [0.15, 0.2) is 64.9 Å². The van der Waals surface area contributed by atoms with Crippen molar-refractivity contribution in [3.05, 3.63) is 66.2 Å². The topological polar surface area (TPSA) is 58.9 Å². The lowest BCUT2D eigenvalue weighted by Crippen LogP contribution is -1.99. The van der Waals surface area contributed by atoms with Gasteiger partial charge in [-0.05, 0) is 44.5 Å². The number of fused-ring (bicyclic) bond motifs is 1. The Labute approximate surface area is 162 Å². The molecule has 0 amide bonds. The minimum absolute atomic E-state index is 0.311.